The first-order valence-electron chi connectivity index (χ1n) is 8.71. The molecule has 0 aliphatic carbocycles. The van der Waals surface area contributed by atoms with Crippen LogP contribution in [-0.4, -0.2) is 49.8 Å². The fraction of sp³-hybridized carbons (Fsp3) is 0.444. The van der Waals surface area contributed by atoms with Crippen molar-refractivity contribution in [1.82, 2.24) is 21.3 Å². The van der Waals surface area contributed by atoms with Crippen molar-refractivity contribution in [2.75, 3.05) is 26.2 Å². The summed E-state index contributed by atoms with van der Waals surface area (Å²) >= 11 is 0. The van der Waals surface area contributed by atoms with Gasteiger partial charge in [-0.05, 0) is 39.8 Å². The third-order valence-electron chi connectivity index (χ3n) is 3.49. The summed E-state index contributed by atoms with van der Waals surface area (Å²) in [5.74, 6) is -1.94. The van der Waals surface area contributed by atoms with Crippen LogP contribution in [0.25, 0.3) is 0 Å². The molecule has 0 saturated carbocycles. The zero-order valence-corrected chi connectivity index (χ0v) is 15.6. The first-order valence-corrected chi connectivity index (χ1v) is 8.71. The maximum atomic E-state index is 12.4. The Morgan fingerprint density at radius 3 is 0.885 bits per heavy atom. The van der Waals surface area contributed by atoms with Crippen molar-refractivity contribution < 1.29 is 19.2 Å². The van der Waals surface area contributed by atoms with E-state index in [9.17, 15) is 19.2 Å². The van der Waals surface area contributed by atoms with Gasteiger partial charge in [-0.2, -0.15) is 0 Å². The molecule has 1 aromatic rings. The molecule has 26 heavy (non-hydrogen) atoms. The highest BCUT2D eigenvalue weighted by Crippen LogP contribution is 2.19. The van der Waals surface area contributed by atoms with Crippen LogP contribution in [0.5, 0.6) is 0 Å². The summed E-state index contributed by atoms with van der Waals surface area (Å²) in [7, 11) is 0. The predicted molar refractivity (Wildman–Crippen MR) is 98.5 cm³/mol. The van der Waals surface area contributed by atoms with Gasteiger partial charge in [0, 0.05) is 26.2 Å². The second kappa shape index (κ2) is 10.2. The minimum atomic E-state index is -0.484. The number of carbonyl (C=O) groups is 4. The predicted octanol–water partition coefficient (Wildman–Crippen LogP) is 0.685. The third kappa shape index (κ3) is 5.05. The molecule has 0 aromatic heterocycles. The Labute approximate surface area is 153 Å². The molecule has 8 nitrogen and oxygen atoms in total. The van der Waals surface area contributed by atoms with E-state index in [-0.39, 0.29) is 22.3 Å². The summed E-state index contributed by atoms with van der Waals surface area (Å²) in [5.41, 5.74) is 0.193. The van der Waals surface area contributed by atoms with E-state index in [2.05, 4.69) is 21.3 Å². The number of nitrogens with one attached hydrogen (secondary N) is 4. The number of amides is 4. The van der Waals surface area contributed by atoms with Crippen molar-refractivity contribution in [2.45, 2.75) is 27.7 Å². The van der Waals surface area contributed by atoms with E-state index in [1.807, 2.05) is 0 Å². The Hall–Kier alpha value is -2.90. The molecule has 0 fully saturated rings. The van der Waals surface area contributed by atoms with Crippen molar-refractivity contribution in [1.29, 1.82) is 0 Å². The fourth-order valence-electron chi connectivity index (χ4n) is 2.37. The van der Waals surface area contributed by atoms with Gasteiger partial charge in [-0.15, -0.1) is 0 Å². The smallest absolute Gasteiger partial charge is 0.252 e. The van der Waals surface area contributed by atoms with E-state index in [0.717, 1.165) is 0 Å². The molecule has 0 radical (unpaired) electrons. The topological polar surface area (TPSA) is 116 Å². The minimum Gasteiger partial charge on any atom is -0.352 e. The molecule has 0 saturated heterocycles. The highest BCUT2D eigenvalue weighted by Gasteiger charge is 2.25. The first-order chi connectivity index (χ1) is 12.4. The van der Waals surface area contributed by atoms with Gasteiger partial charge < -0.3 is 21.3 Å². The molecular formula is C18H26N4O4. The van der Waals surface area contributed by atoms with Crippen molar-refractivity contribution in [3.8, 4) is 0 Å². The SMILES string of the molecule is CCNC(=O)c1cc(C(=O)NCC)c(C(=O)NCC)cc1C(=O)NCC. The molecule has 0 aliphatic heterocycles. The van der Waals surface area contributed by atoms with Gasteiger partial charge in [0.05, 0.1) is 22.3 Å². The monoisotopic (exact) mass is 362 g/mol. The van der Waals surface area contributed by atoms with Crippen LogP contribution in [0.3, 0.4) is 0 Å². The molecule has 1 aromatic carbocycles. The van der Waals surface area contributed by atoms with E-state index >= 15 is 0 Å². The Balaban J connectivity index is 3.63. The number of hydrogen-bond acceptors (Lipinski definition) is 4. The molecule has 0 atom stereocenters. The molecule has 0 bridgehead atoms. The highest BCUT2D eigenvalue weighted by atomic mass is 16.2. The summed E-state index contributed by atoms with van der Waals surface area (Å²) < 4.78 is 0. The largest absolute Gasteiger partial charge is 0.352 e. The number of carbonyl (C=O) groups excluding carboxylic acids is 4. The summed E-state index contributed by atoms with van der Waals surface area (Å²) in [6.07, 6.45) is 0. The maximum absolute atomic E-state index is 12.4. The molecule has 142 valence electrons. The standard InChI is InChI=1S/C18H26N4O4/c1-5-19-15(23)11-9-13(17(25)21-7-3)14(18(26)22-8-4)10-12(11)16(24)20-6-2/h9-10H,5-8H2,1-4H3,(H,19,23)(H,20,24)(H,21,25)(H,22,26). The van der Waals surface area contributed by atoms with Crippen molar-refractivity contribution >= 4 is 23.6 Å². The number of benzene rings is 1. The van der Waals surface area contributed by atoms with E-state index in [1.165, 1.54) is 12.1 Å². The Kier molecular flexibility index (Phi) is 8.27. The first kappa shape index (κ1) is 21.1. The molecule has 0 spiro atoms. The molecule has 0 unspecified atom stereocenters. The van der Waals surface area contributed by atoms with Gasteiger partial charge in [0.1, 0.15) is 0 Å². The van der Waals surface area contributed by atoms with Crippen molar-refractivity contribution in [3.05, 3.63) is 34.4 Å². The van der Waals surface area contributed by atoms with Gasteiger partial charge in [-0.25, -0.2) is 0 Å². The lowest BCUT2D eigenvalue weighted by atomic mass is 9.95. The Bertz CT molecular complexity index is 586. The average Bonchev–Trinajstić information content (AvgIpc) is 2.61. The lowest BCUT2D eigenvalue weighted by Gasteiger charge is -2.15. The van der Waals surface area contributed by atoms with Crippen LogP contribution in [0, 0.1) is 0 Å². The maximum Gasteiger partial charge on any atom is 0.252 e. The van der Waals surface area contributed by atoms with Gasteiger partial charge in [-0.1, -0.05) is 0 Å². The van der Waals surface area contributed by atoms with Crippen LogP contribution in [-0.2, 0) is 0 Å². The zero-order chi connectivity index (χ0) is 19.7. The summed E-state index contributed by atoms with van der Waals surface area (Å²) in [5, 5.41) is 10.5. The van der Waals surface area contributed by atoms with E-state index < -0.39 is 23.6 Å². The number of hydrogen-bond donors (Lipinski definition) is 4. The second-order valence-corrected chi connectivity index (χ2v) is 5.38. The van der Waals surface area contributed by atoms with E-state index in [4.69, 9.17) is 0 Å². The lowest BCUT2D eigenvalue weighted by molar-refractivity contribution is 0.0910. The summed E-state index contributed by atoms with van der Waals surface area (Å²) in [6, 6.07) is 2.59. The van der Waals surface area contributed by atoms with Crippen molar-refractivity contribution in [3.63, 3.8) is 0 Å². The van der Waals surface area contributed by atoms with Crippen molar-refractivity contribution in [2.24, 2.45) is 0 Å². The molecule has 0 aliphatic rings. The zero-order valence-electron chi connectivity index (χ0n) is 15.6. The Morgan fingerprint density at radius 2 is 0.731 bits per heavy atom. The van der Waals surface area contributed by atoms with Gasteiger partial charge >= 0.3 is 0 Å². The Morgan fingerprint density at radius 1 is 0.538 bits per heavy atom. The van der Waals surface area contributed by atoms with Crippen LogP contribution >= 0.6 is 0 Å². The van der Waals surface area contributed by atoms with Gasteiger partial charge in [0.25, 0.3) is 23.6 Å². The molecule has 4 N–H and O–H groups in total. The second-order valence-electron chi connectivity index (χ2n) is 5.38. The lowest BCUT2D eigenvalue weighted by Crippen LogP contribution is -2.33. The normalized spacial score (nSPS) is 10.0. The van der Waals surface area contributed by atoms with Crippen LogP contribution in [0.4, 0.5) is 0 Å². The molecular weight excluding hydrogens is 336 g/mol. The van der Waals surface area contributed by atoms with Gasteiger partial charge in [-0.3, -0.25) is 19.2 Å². The van der Waals surface area contributed by atoms with Gasteiger partial charge in [0.2, 0.25) is 0 Å². The average molecular weight is 362 g/mol. The quantitative estimate of drug-likeness (QED) is 0.544. The van der Waals surface area contributed by atoms with Gasteiger partial charge in [0.15, 0.2) is 0 Å². The number of rotatable bonds is 8. The third-order valence-corrected chi connectivity index (χ3v) is 3.49. The summed E-state index contributed by atoms with van der Waals surface area (Å²) in [6.45, 7) is 8.44. The highest BCUT2D eigenvalue weighted by molar-refractivity contribution is 6.14. The summed E-state index contributed by atoms with van der Waals surface area (Å²) in [4.78, 5) is 49.6. The fourth-order valence-corrected chi connectivity index (χ4v) is 2.37. The minimum absolute atomic E-state index is 0.0482. The van der Waals surface area contributed by atoms with Crippen LogP contribution in [0.15, 0.2) is 12.1 Å². The molecule has 1 rings (SSSR count). The van der Waals surface area contributed by atoms with E-state index in [1.54, 1.807) is 27.7 Å². The molecule has 8 heteroatoms. The van der Waals surface area contributed by atoms with Crippen LogP contribution in [0.1, 0.15) is 69.1 Å². The van der Waals surface area contributed by atoms with Crippen LogP contribution in [0.2, 0.25) is 0 Å². The molecule has 4 amide bonds. The van der Waals surface area contributed by atoms with Crippen LogP contribution < -0.4 is 21.3 Å². The van der Waals surface area contributed by atoms with E-state index in [0.29, 0.717) is 26.2 Å². The molecule has 0 heterocycles.